The van der Waals surface area contributed by atoms with E-state index in [2.05, 4.69) is 10.3 Å². The average Bonchev–Trinajstić information content (AvgIpc) is 3.17. The molecule has 0 aliphatic carbocycles. The van der Waals surface area contributed by atoms with E-state index in [-0.39, 0.29) is 18.3 Å². The zero-order valence-corrected chi connectivity index (χ0v) is 12.3. The molecule has 0 atom stereocenters. The van der Waals surface area contributed by atoms with E-state index in [0.29, 0.717) is 5.13 Å². The Morgan fingerprint density at radius 1 is 1.29 bits per heavy atom. The van der Waals surface area contributed by atoms with E-state index >= 15 is 0 Å². The van der Waals surface area contributed by atoms with Gasteiger partial charge in [0.15, 0.2) is 5.13 Å². The van der Waals surface area contributed by atoms with Gasteiger partial charge >= 0.3 is 0 Å². The lowest BCUT2D eigenvalue weighted by Crippen LogP contribution is -2.32. The summed E-state index contributed by atoms with van der Waals surface area (Å²) in [5.41, 5.74) is 1.66. The molecule has 1 saturated heterocycles. The lowest BCUT2D eigenvalue weighted by atomic mass is 10.2. The minimum Gasteiger partial charge on any atom is -0.352 e. The van der Waals surface area contributed by atoms with E-state index in [1.807, 2.05) is 10.3 Å². The molecule has 3 rings (SSSR count). The molecule has 0 saturated carbocycles. The minimum absolute atomic E-state index is 0.117. The summed E-state index contributed by atoms with van der Waals surface area (Å²) >= 11 is 1.45. The molecule has 1 amide bonds. The zero-order chi connectivity index (χ0) is 14.7. The Kier molecular flexibility index (Phi) is 4.15. The van der Waals surface area contributed by atoms with E-state index in [0.717, 1.165) is 37.2 Å². The number of thiazole rings is 1. The summed E-state index contributed by atoms with van der Waals surface area (Å²) in [7, 11) is 0. The van der Waals surface area contributed by atoms with Crippen LogP contribution in [-0.4, -0.2) is 35.4 Å². The molecule has 21 heavy (non-hydrogen) atoms. The molecule has 2 heterocycles. The number of nitrogens with zero attached hydrogens (tertiary/aromatic N) is 2. The van der Waals surface area contributed by atoms with Crippen LogP contribution in [-0.2, 0) is 4.79 Å². The second kappa shape index (κ2) is 6.22. The normalized spacial score (nSPS) is 14.4. The molecule has 110 valence electrons. The van der Waals surface area contributed by atoms with Crippen LogP contribution in [0.4, 0.5) is 9.52 Å². The fraction of sp³-hybridized carbons (Fsp3) is 0.333. The highest BCUT2D eigenvalue weighted by atomic mass is 32.1. The highest BCUT2D eigenvalue weighted by Crippen LogP contribution is 2.24. The first-order valence-corrected chi connectivity index (χ1v) is 7.83. The lowest BCUT2D eigenvalue weighted by molar-refractivity contribution is -0.128. The lowest BCUT2D eigenvalue weighted by Gasteiger charge is -2.14. The van der Waals surface area contributed by atoms with Crippen LogP contribution in [0.15, 0.2) is 29.6 Å². The number of carbonyl (C=O) groups is 1. The molecule has 1 aromatic heterocycles. The quantitative estimate of drug-likeness (QED) is 0.944. The van der Waals surface area contributed by atoms with Crippen molar-refractivity contribution in [2.45, 2.75) is 12.8 Å². The number of rotatable bonds is 4. The van der Waals surface area contributed by atoms with Crippen LogP contribution < -0.4 is 5.32 Å². The Morgan fingerprint density at radius 2 is 2.00 bits per heavy atom. The maximum atomic E-state index is 12.9. The maximum Gasteiger partial charge on any atom is 0.241 e. The Morgan fingerprint density at radius 3 is 2.71 bits per heavy atom. The first-order chi connectivity index (χ1) is 10.2. The SMILES string of the molecule is O=C(CNc1nc(-c2ccc(F)cc2)cs1)N1CCCC1. The summed E-state index contributed by atoms with van der Waals surface area (Å²) in [5, 5.41) is 5.67. The second-order valence-corrected chi connectivity index (χ2v) is 5.84. The number of hydrogen-bond donors (Lipinski definition) is 1. The molecule has 0 bridgehead atoms. The number of likely N-dealkylation sites (tertiary alicyclic amines) is 1. The molecule has 6 heteroatoms. The van der Waals surface area contributed by atoms with Crippen LogP contribution in [0.2, 0.25) is 0 Å². The maximum absolute atomic E-state index is 12.9. The third kappa shape index (κ3) is 3.39. The van der Waals surface area contributed by atoms with Gasteiger partial charge in [-0.1, -0.05) is 0 Å². The van der Waals surface area contributed by atoms with Gasteiger partial charge in [0.1, 0.15) is 5.82 Å². The van der Waals surface area contributed by atoms with E-state index < -0.39 is 0 Å². The summed E-state index contributed by atoms with van der Waals surface area (Å²) in [6.45, 7) is 1.99. The molecule has 1 fully saturated rings. The van der Waals surface area contributed by atoms with Gasteiger partial charge in [0, 0.05) is 24.0 Å². The molecule has 4 nitrogen and oxygen atoms in total. The van der Waals surface area contributed by atoms with E-state index in [1.54, 1.807) is 12.1 Å². The van der Waals surface area contributed by atoms with Crippen LogP contribution in [0.3, 0.4) is 0 Å². The summed E-state index contributed by atoms with van der Waals surface area (Å²) in [6, 6.07) is 6.23. The van der Waals surface area contributed by atoms with Crippen molar-refractivity contribution in [2.75, 3.05) is 25.0 Å². The van der Waals surface area contributed by atoms with Gasteiger partial charge in [-0.2, -0.15) is 0 Å². The average molecular weight is 305 g/mol. The van der Waals surface area contributed by atoms with Crippen LogP contribution in [0.25, 0.3) is 11.3 Å². The zero-order valence-electron chi connectivity index (χ0n) is 11.5. The van der Waals surface area contributed by atoms with E-state index in [9.17, 15) is 9.18 Å². The first kappa shape index (κ1) is 14.0. The summed E-state index contributed by atoms with van der Waals surface area (Å²) in [4.78, 5) is 18.2. The van der Waals surface area contributed by atoms with Crippen molar-refractivity contribution in [1.82, 2.24) is 9.88 Å². The number of aromatic nitrogens is 1. The second-order valence-electron chi connectivity index (χ2n) is 4.99. The van der Waals surface area contributed by atoms with Gasteiger partial charge in [0.05, 0.1) is 12.2 Å². The Labute approximate surface area is 126 Å². The third-order valence-electron chi connectivity index (χ3n) is 3.49. The van der Waals surface area contributed by atoms with Gasteiger partial charge in [-0.05, 0) is 37.1 Å². The molecule has 0 unspecified atom stereocenters. The number of carbonyl (C=O) groups excluding carboxylic acids is 1. The van der Waals surface area contributed by atoms with Crippen LogP contribution in [0.5, 0.6) is 0 Å². The third-order valence-corrected chi connectivity index (χ3v) is 4.29. The molecule has 2 aromatic rings. The summed E-state index contributed by atoms with van der Waals surface area (Å²) < 4.78 is 12.9. The Hall–Kier alpha value is -1.95. The number of hydrogen-bond acceptors (Lipinski definition) is 4. The molecular formula is C15H16FN3OS. The molecule has 1 aromatic carbocycles. The Balaban J connectivity index is 1.60. The van der Waals surface area contributed by atoms with Gasteiger partial charge in [0.25, 0.3) is 0 Å². The number of benzene rings is 1. The van der Waals surface area contributed by atoms with Gasteiger partial charge in [0.2, 0.25) is 5.91 Å². The standard InChI is InChI=1S/C15H16FN3OS/c16-12-5-3-11(4-6-12)13-10-21-15(18-13)17-9-14(20)19-7-1-2-8-19/h3-6,10H,1-2,7-9H2,(H,17,18). The molecule has 1 N–H and O–H groups in total. The first-order valence-electron chi connectivity index (χ1n) is 6.95. The van der Waals surface area contributed by atoms with E-state index in [4.69, 9.17) is 0 Å². The van der Waals surface area contributed by atoms with E-state index in [1.165, 1.54) is 23.5 Å². The fourth-order valence-electron chi connectivity index (χ4n) is 2.34. The fourth-order valence-corrected chi connectivity index (χ4v) is 3.06. The van der Waals surface area contributed by atoms with Crippen molar-refractivity contribution in [1.29, 1.82) is 0 Å². The smallest absolute Gasteiger partial charge is 0.241 e. The van der Waals surface area contributed by atoms with Crippen LogP contribution >= 0.6 is 11.3 Å². The van der Waals surface area contributed by atoms with Crippen LogP contribution in [0, 0.1) is 5.82 Å². The van der Waals surface area contributed by atoms with Gasteiger partial charge in [-0.15, -0.1) is 11.3 Å². The van der Waals surface area contributed by atoms with Crippen molar-refractivity contribution in [3.63, 3.8) is 0 Å². The molecule has 0 spiro atoms. The van der Waals surface area contributed by atoms with Crippen LogP contribution in [0.1, 0.15) is 12.8 Å². The summed E-state index contributed by atoms with van der Waals surface area (Å²) in [5.74, 6) is -0.144. The van der Waals surface area contributed by atoms with Gasteiger partial charge in [-0.25, -0.2) is 9.37 Å². The molecule has 1 aliphatic rings. The summed E-state index contributed by atoms with van der Waals surface area (Å²) in [6.07, 6.45) is 2.19. The molecule has 1 aliphatic heterocycles. The van der Waals surface area contributed by atoms with Crippen molar-refractivity contribution >= 4 is 22.4 Å². The number of nitrogens with one attached hydrogen (secondary N) is 1. The predicted molar refractivity (Wildman–Crippen MR) is 81.8 cm³/mol. The predicted octanol–water partition coefficient (Wildman–Crippen LogP) is 2.98. The van der Waals surface area contributed by atoms with Crippen molar-refractivity contribution in [3.8, 4) is 11.3 Å². The number of halogens is 1. The molecular weight excluding hydrogens is 289 g/mol. The number of amides is 1. The van der Waals surface area contributed by atoms with Crippen molar-refractivity contribution in [3.05, 3.63) is 35.5 Å². The Bertz CT molecular complexity index is 620. The van der Waals surface area contributed by atoms with Gasteiger partial charge in [-0.3, -0.25) is 4.79 Å². The largest absolute Gasteiger partial charge is 0.352 e. The monoisotopic (exact) mass is 305 g/mol. The van der Waals surface area contributed by atoms with Gasteiger partial charge < -0.3 is 10.2 Å². The minimum atomic E-state index is -0.261. The highest BCUT2D eigenvalue weighted by molar-refractivity contribution is 7.14. The highest BCUT2D eigenvalue weighted by Gasteiger charge is 2.17. The number of anilines is 1. The topological polar surface area (TPSA) is 45.2 Å². The molecule has 0 radical (unpaired) electrons. The van der Waals surface area contributed by atoms with Crippen molar-refractivity contribution < 1.29 is 9.18 Å². The van der Waals surface area contributed by atoms with Crippen molar-refractivity contribution in [2.24, 2.45) is 0 Å².